The fourth-order valence-corrected chi connectivity index (χ4v) is 2.04. The molecule has 0 heterocycles. The first kappa shape index (κ1) is 17.8. The second kappa shape index (κ2) is 8.31. The summed E-state index contributed by atoms with van der Waals surface area (Å²) >= 11 is 0. The summed E-state index contributed by atoms with van der Waals surface area (Å²) in [6.07, 6.45) is 1.31. The Morgan fingerprint density at radius 3 is 2.40 bits per heavy atom. The molecule has 6 nitrogen and oxygen atoms in total. The minimum Gasteiger partial charge on any atom is -0.495 e. The summed E-state index contributed by atoms with van der Waals surface area (Å²) in [6, 6.07) is 15.5. The lowest BCUT2D eigenvalue weighted by molar-refractivity contribution is -0.112. The first-order chi connectivity index (χ1) is 12.0. The summed E-state index contributed by atoms with van der Waals surface area (Å²) in [7, 11) is 1.50. The standard InChI is InChI=1S/C19H17N3O3/c1-13(23)14-7-9-16(10-8-14)21-12-15(11-20)19(24)22-17-5-3-4-6-18(17)25-2/h3-10,12,21H,1-2H3,(H,22,24)/b15-12-. The zero-order valence-corrected chi connectivity index (χ0v) is 13.9. The second-order valence-electron chi connectivity index (χ2n) is 5.10. The fraction of sp³-hybridized carbons (Fsp3) is 0.105. The predicted octanol–water partition coefficient (Wildman–Crippen LogP) is 3.36. The van der Waals surface area contributed by atoms with Crippen LogP contribution in [0.5, 0.6) is 5.75 Å². The number of nitrogens with one attached hydrogen (secondary N) is 2. The monoisotopic (exact) mass is 335 g/mol. The Labute approximate surface area is 145 Å². The predicted molar refractivity (Wildman–Crippen MR) is 95.4 cm³/mol. The second-order valence-corrected chi connectivity index (χ2v) is 5.10. The summed E-state index contributed by atoms with van der Waals surface area (Å²) in [5.41, 5.74) is 1.62. The van der Waals surface area contributed by atoms with Crippen molar-refractivity contribution >= 4 is 23.1 Å². The highest BCUT2D eigenvalue weighted by Crippen LogP contribution is 2.23. The van der Waals surface area contributed by atoms with E-state index >= 15 is 0 Å². The molecule has 0 atom stereocenters. The molecule has 6 heteroatoms. The summed E-state index contributed by atoms with van der Waals surface area (Å²) in [6.45, 7) is 1.48. The number of methoxy groups -OCH3 is 1. The van der Waals surface area contributed by atoms with E-state index in [-0.39, 0.29) is 11.4 Å². The average Bonchev–Trinajstić information content (AvgIpc) is 2.63. The van der Waals surface area contributed by atoms with Gasteiger partial charge in [0, 0.05) is 17.5 Å². The number of anilines is 2. The van der Waals surface area contributed by atoms with Gasteiger partial charge in [0.25, 0.3) is 5.91 Å². The van der Waals surface area contributed by atoms with E-state index in [4.69, 9.17) is 4.74 Å². The van der Waals surface area contributed by atoms with Crippen molar-refractivity contribution < 1.29 is 14.3 Å². The van der Waals surface area contributed by atoms with Crippen LogP contribution in [-0.2, 0) is 4.79 Å². The van der Waals surface area contributed by atoms with Crippen molar-refractivity contribution in [3.8, 4) is 11.8 Å². The van der Waals surface area contributed by atoms with Crippen LogP contribution in [0.15, 0.2) is 60.3 Å². The number of ketones is 1. The molecule has 0 aliphatic carbocycles. The molecule has 0 bridgehead atoms. The molecule has 0 saturated carbocycles. The first-order valence-electron chi connectivity index (χ1n) is 7.47. The Hall–Kier alpha value is -3.59. The van der Waals surface area contributed by atoms with Crippen LogP contribution in [0.3, 0.4) is 0 Å². The quantitative estimate of drug-likeness (QED) is 0.480. The van der Waals surface area contributed by atoms with Crippen LogP contribution in [0, 0.1) is 11.3 Å². The highest BCUT2D eigenvalue weighted by Gasteiger charge is 2.11. The molecule has 0 aliphatic heterocycles. The van der Waals surface area contributed by atoms with E-state index < -0.39 is 5.91 Å². The highest BCUT2D eigenvalue weighted by atomic mass is 16.5. The van der Waals surface area contributed by atoms with Crippen molar-refractivity contribution in [3.63, 3.8) is 0 Å². The molecule has 0 unspecified atom stereocenters. The van der Waals surface area contributed by atoms with Crippen molar-refractivity contribution in [2.24, 2.45) is 0 Å². The lowest BCUT2D eigenvalue weighted by atomic mass is 10.1. The third-order valence-corrected chi connectivity index (χ3v) is 3.39. The van der Waals surface area contributed by atoms with Crippen LogP contribution in [0.2, 0.25) is 0 Å². The molecule has 2 rings (SSSR count). The minimum absolute atomic E-state index is 0.0315. The van der Waals surface area contributed by atoms with E-state index in [9.17, 15) is 14.9 Å². The number of carbonyl (C=O) groups excluding carboxylic acids is 2. The maximum absolute atomic E-state index is 12.2. The van der Waals surface area contributed by atoms with Gasteiger partial charge in [0.2, 0.25) is 0 Å². The van der Waals surface area contributed by atoms with Gasteiger partial charge in [-0.15, -0.1) is 0 Å². The zero-order valence-electron chi connectivity index (χ0n) is 13.9. The molecule has 126 valence electrons. The molecule has 0 spiro atoms. The lowest BCUT2D eigenvalue weighted by Crippen LogP contribution is -2.15. The van der Waals surface area contributed by atoms with E-state index in [2.05, 4.69) is 10.6 Å². The van der Waals surface area contributed by atoms with Crippen molar-refractivity contribution in [2.75, 3.05) is 17.7 Å². The fourth-order valence-electron chi connectivity index (χ4n) is 2.04. The van der Waals surface area contributed by atoms with E-state index in [0.29, 0.717) is 22.7 Å². The molecule has 2 aromatic carbocycles. The smallest absolute Gasteiger partial charge is 0.267 e. The number of rotatable bonds is 6. The number of hydrogen-bond acceptors (Lipinski definition) is 5. The largest absolute Gasteiger partial charge is 0.495 e. The normalized spacial score (nSPS) is 10.5. The minimum atomic E-state index is -0.556. The van der Waals surface area contributed by atoms with Gasteiger partial charge in [-0.1, -0.05) is 12.1 Å². The van der Waals surface area contributed by atoms with E-state index in [1.807, 2.05) is 6.07 Å². The summed E-state index contributed by atoms with van der Waals surface area (Å²) in [5, 5.41) is 14.7. The van der Waals surface area contributed by atoms with Crippen LogP contribution in [0.25, 0.3) is 0 Å². The number of amides is 1. The Balaban J connectivity index is 2.10. The van der Waals surface area contributed by atoms with Gasteiger partial charge >= 0.3 is 0 Å². The molecule has 0 aromatic heterocycles. The van der Waals surface area contributed by atoms with Gasteiger partial charge in [-0.05, 0) is 43.3 Å². The number of nitrogens with zero attached hydrogens (tertiary/aromatic N) is 1. The van der Waals surface area contributed by atoms with Gasteiger partial charge in [-0.2, -0.15) is 5.26 Å². The molecule has 25 heavy (non-hydrogen) atoms. The average molecular weight is 335 g/mol. The maximum Gasteiger partial charge on any atom is 0.267 e. The van der Waals surface area contributed by atoms with Gasteiger partial charge in [0.15, 0.2) is 5.78 Å². The third kappa shape index (κ3) is 4.69. The molecule has 0 saturated heterocycles. The van der Waals surface area contributed by atoms with Crippen LogP contribution in [0.1, 0.15) is 17.3 Å². The molecular formula is C19H17N3O3. The Bertz CT molecular complexity index is 849. The van der Waals surface area contributed by atoms with Crippen LogP contribution in [0.4, 0.5) is 11.4 Å². The number of Topliss-reactive ketones (excluding diaryl/α,β-unsaturated/α-hetero) is 1. The number of nitriles is 1. The Morgan fingerprint density at radius 1 is 1.12 bits per heavy atom. The molecule has 2 N–H and O–H groups in total. The van der Waals surface area contributed by atoms with Gasteiger partial charge in [0.05, 0.1) is 12.8 Å². The van der Waals surface area contributed by atoms with Crippen LogP contribution < -0.4 is 15.4 Å². The van der Waals surface area contributed by atoms with Crippen molar-refractivity contribution in [1.29, 1.82) is 5.26 Å². The topological polar surface area (TPSA) is 91.2 Å². The van der Waals surface area contributed by atoms with E-state index in [0.717, 1.165) is 0 Å². The molecular weight excluding hydrogens is 318 g/mol. The number of carbonyl (C=O) groups is 2. The first-order valence-corrected chi connectivity index (χ1v) is 7.47. The third-order valence-electron chi connectivity index (χ3n) is 3.39. The molecule has 0 fully saturated rings. The number of ether oxygens (including phenoxy) is 1. The summed E-state index contributed by atoms with van der Waals surface area (Å²) < 4.78 is 5.16. The zero-order chi connectivity index (χ0) is 18.2. The molecule has 0 radical (unpaired) electrons. The summed E-state index contributed by atoms with van der Waals surface area (Å²) in [5.74, 6) is -0.0863. The van der Waals surface area contributed by atoms with Gasteiger partial charge in [0.1, 0.15) is 17.4 Å². The number of para-hydroxylation sites is 2. The molecule has 2 aromatic rings. The molecule has 0 aliphatic rings. The van der Waals surface area contributed by atoms with Crippen molar-refractivity contribution in [2.45, 2.75) is 6.92 Å². The van der Waals surface area contributed by atoms with Gasteiger partial charge < -0.3 is 15.4 Å². The van der Waals surface area contributed by atoms with Crippen molar-refractivity contribution in [3.05, 3.63) is 65.9 Å². The highest BCUT2D eigenvalue weighted by molar-refractivity contribution is 6.07. The van der Waals surface area contributed by atoms with Gasteiger partial charge in [-0.3, -0.25) is 9.59 Å². The number of benzene rings is 2. The lowest BCUT2D eigenvalue weighted by Gasteiger charge is -2.09. The van der Waals surface area contributed by atoms with Crippen LogP contribution >= 0.6 is 0 Å². The van der Waals surface area contributed by atoms with Crippen molar-refractivity contribution in [1.82, 2.24) is 0 Å². The SMILES string of the molecule is COc1ccccc1NC(=O)/C(C#N)=C\Nc1ccc(C(C)=O)cc1. The Morgan fingerprint density at radius 2 is 1.80 bits per heavy atom. The maximum atomic E-state index is 12.2. The van der Waals surface area contributed by atoms with E-state index in [1.54, 1.807) is 48.5 Å². The van der Waals surface area contributed by atoms with Gasteiger partial charge in [-0.25, -0.2) is 0 Å². The Kier molecular flexibility index (Phi) is 5.91. The van der Waals surface area contributed by atoms with Crippen LogP contribution in [-0.4, -0.2) is 18.8 Å². The number of hydrogen-bond donors (Lipinski definition) is 2. The molecule has 1 amide bonds. The summed E-state index contributed by atoms with van der Waals surface area (Å²) in [4.78, 5) is 23.5. The van der Waals surface area contributed by atoms with E-state index in [1.165, 1.54) is 20.2 Å².